The minimum atomic E-state index is -0.00615. The highest BCUT2D eigenvalue weighted by atomic mass is 16.5. The highest BCUT2D eigenvalue weighted by molar-refractivity contribution is 5.89. The Morgan fingerprint density at radius 1 is 1.25 bits per heavy atom. The van der Waals surface area contributed by atoms with E-state index in [4.69, 9.17) is 4.74 Å². The Kier molecular flexibility index (Phi) is 4.71. The summed E-state index contributed by atoms with van der Waals surface area (Å²) in [6.45, 7) is 5.68. The Balaban J connectivity index is 1.27. The number of hydrogen-bond donors (Lipinski definition) is 1. The predicted molar refractivity (Wildman–Crippen MR) is 91.0 cm³/mol. The summed E-state index contributed by atoms with van der Waals surface area (Å²) in [6, 6.07) is 0.536. The van der Waals surface area contributed by atoms with Crippen LogP contribution in [0.2, 0.25) is 0 Å². The first-order valence-corrected chi connectivity index (χ1v) is 9.22. The van der Waals surface area contributed by atoms with Gasteiger partial charge in [0.2, 0.25) is 0 Å². The smallest absolute Gasteiger partial charge is 0.321 e. The zero-order chi connectivity index (χ0) is 16.4. The first-order valence-electron chi connectivity index (χ1n) is 9.22. The Bertz CT molecular complexity index is 563. The van der Waals surface area contributed by atoms with Gasteiger partial charge >= 0.3 is 6.03 Å². The highest BCUT2D eigenvalue weighted by Gasteiger charge is 2.31. The van der Waals surface area contributed by atoms with Gasteiger partial charge in [0.1, 0.15) is 0 Å². The van der Waals surface area contributed by atoms with Gasteiger partial charge in [0.05, 0.1) is 24.5 Å². The summed E-state index contributed by atoms with van der Waals surface area (Å²) in [5, 5.41) is 7.32. The highest BCUT2D eigenvalue weighted by Crippen LogP contribution is 2.21. The van der Waals surface area contributed by atoms with Crippen LogP contribution >= 0.6 is 0 Å². The fourth-order valence-corrected chi connectivity index (χ4v) is 4.06. The quantitative estimate of drug-likeness (QED) is 0.912. The second kappa shape index (κ2) is 7.11. The maximum atomic E-state index is 12.5. The zero-order valence-corrected chi connectivity index (χ0v) is 14.2. The molecule has 0 radical (unpaired) electrons. The summed E-state index contributed by atoms with van der Waals surface area (Å²) < 4.78 is 7.49. The normalized spacial score (nSPS) is 27.9. The van der Waals surface area contributed by atoms with Gasteiger partial charge < -0.3 is 15.0 Å². The zero-order valence-electron chi connectivity index (χ0n) is 14.2. The lowest BCUT2D eigenvalue weighted by Crippen LogP contribution is -2.38. The van der Waals surface area contributed by atoms with E-state index in [1.807, 2.05) is 15.8 Å². The molecule has 0 spiro atoms. The van der Waals surface area contributed by atoms with E-state index in [2.05, 4.69) is 15.3 Å². The molecule has 7 nitrogen and oxygen atoms in total. The third-order valence-corrected chi connectivity index (χ3v) is 5.41. The second-order valence-corrected chi connectivity index (χ2v) is 7.15. The van der Waals surface area contributed by atoms with Gasteiger partial charge in [0.15, 0.2) is 0 Å². The molecule has 0 bridgehead atoms. The number of urea groups is 1. The number of hydrogen-bond acceptors (Lipinski definition) is 4. The van der Waals surface area contributed by atoms with Crippen molar-refractivity contribution in [2.45, 2.75) is 50.8 Å². The number of carbonyl (C=O) groups is 1. The molecule has 2 atom stereocenters. The summed E-state index contributed by atoms with van der Waals surface area (Å²) in [5.74, 6) is 0. The van der Waals surface area contributed by atoms with E-state index in [9.17, 15) is 4.79 Å². The third kappa shape index (κ3) is 3.57. The van der Waals surface area contributed by atoms with Crippen molar-refractivity contribution in [3.63, 3.8) is 0 Å². The topological polar surface area (TPSA) is 62.6 Å². The van der Waals surface area contributed by atoms with Crippen LogP contribution in [0.25, 0.3) is 0 Å². The molecule has 0 unspecified atom stereocenters. The van der Waals surface area contributed by atoms with Crippen LogP contribution in [0.3, 0.4) is 0 Å². The fourth-order valence-electron chi connectivity index (χ4n) is 4.06. The van der Waals surface area contributed by atoms with Crippen LogP contribution in [0.5, 0.6) is 0 Å². The Hall–Kier alpha value is -1.60. The molecule has 4 rings (SSSR count). The van der Waals surface area contributed by atoms with Gasteiger partial charge in [-0.15, -0.1) is 0 Å². The van der Waals surface area contributed by atoms with E-state index in [1.165, 1.54) is 25.9 Å². The lowest BCUT2D eigenvalue weighted by atomic mass is 10.2. The third-order valence-electron chi connectivity index (χ3n) is 5.41. The van der Waals surface area contributed by atoms with E-state index >= 15 is 0 Å². The molecule has 2 amide bonds. The molecule has 3 aliphatic heterocycles. The number of ether oxygens (including phenoxy) is 1. The standard InChI is InChI=1S/C17H27N5O2/c23-17(21-8-5-15(12-21)20-6-1-2-7-20)19-14-10-18-22(11-14)13-16-4-3-9-24-16/h10-11,15-16H,1-9,12-13H2,(H,19,23)/t15-,16-/m1/s1. The minimum absolute atomic E-state index is 0.00615. The molecule has 0 aromatic carbocycles. The Morgan fingerprint density at radius 2 is 2.12 bits per heavy atom. The number of aromatic nitrogens is 2. The SMILES string of the molecule is O=C(Nc1cnn(C[C@H]2CCCO2)c1)N1CC[C@@H](N2CCCC2)C1. The van der Waals surface area contributed by atoms with Crippen LogP contribution < -0.4 is 5.32 Å². The van der Waals surface area contributed by atoms with Crippen LogP contribution in [0.4, 0.5) is 10.5 Å². The first-order chi connectivity index (χ1) is 11.8. The van der Waals surface area contributed by atoms with Crippen LogP contribution in [-0.2, 0) is 11.3 Å². The monoisotopic (exact) mass is 333 g/mol. The number of amides is 2. The van der Waals surface area contributed by atoms with Gasteiger partial charge in [-0.1, -0.05) is 0 Å². The molecule has 132 valence electrons. The molecule has 0 aliphatic carbocycles. The van der Waals surface area contributed by atoms with E-state index in [-0.39, 0.29) is 12.1 Å². The summed E-state index contributed by atoms with van der Waals surface area (Å²) in [6.07, 6.45) is 9.78. The van der Waals surface area contributed by atoms with Gasteiger partial charge in [-0.05, 0) is 45.2 Å². The molecule has 1 N–H and O–H groups in total. The molecule has 7 heteroatoms. The van der Waals surface area contributed by atoms with Gasteiger partial charge in [0, 0.05) is 31.9 Å². The van der Waals surface area contributed by atoms with Crippen molar-refractivity contribution in [1.29, 1.82) is 0 Å². The molecular formula is C17H27N5O2. The van der Waals surface area contributed by atoms with Crippen molar-refractivity contribution in [2.24, 2.45) is 0 Å². The number of likely N-dealkylation sites (tertiary alicyclic amines) is 2. The molecule has 3 saturated heterocycles. The fraction of sp³-hybridized carbons (Fsp3) is 0.765. The van der Waals surface area contributed by atoms with Crippen LogP contribution in [0.1, 0.15) is 32.1 Å². The number of carbonyl (C=O) groups excluding carboxylic acids is 1. The largest absolute Gasteiger partial charge is 0.376 e. The second-order valence-electron chi connectivity index (χ2n) is 7.15. The predicted octanol–water partition coefficient (Wildman–Crippen LogP) is 1.76. The van der Waals surface area contributed by atoms with Gasteiger partial charge in [-0.3, -0.25) is 9.58 Å². The average Bonchev–Trinajstić information content (AvgIpc) is 3.36. The lowest BCUT2D eigenvalue weighted by molar-refractivity contribution is 0.0940. The van der Waals surface area contributed by atoms with E-state index in [1.54, 1.807) is 6.20 Å². The maximum absolute atomic E-state index is 12.5. The summed E-state index contributed by atoms with van der Waals surface area (Å²) in [5.41, 5.74) is 0.766. The van der Waals surface area contributed by atoms with Crippen molar-refractivity contribution in [3.8, 4) is 0 Å². The van der Waals surface area contributed by atoms with Crippen LogP contribution in [-0.4, -0.2) is 70.5 Å². The Labute approximate surface area is 142 Å². The number of anilines is 1. The summed E-state index contributed by atoms with van der Waals surface area (Å²) >= 11 is 0. The average molecular weight is 333 g/mol. The maximum Gasteiger partial charge on any atom is 0.321 e. The molecule has 1 aromatic heterocycles. The van der Waals surface area contributed by atoms with Crippen LogP contribution in [0, 0.1) is 0 Å². The number of nitrogens with zero attached hydrogens (tertiary/aromatic N) is 4. The molecule has 3 aliphatic rings. The Morgan fingerprint density at radius 3 is 2.92 bits per heavy atom. The summed E-state index contributed by atoms with van der Waals surface area (Å²) in [4.78, 5) is 16.9. The van der Waals surface area contributed by atoms with Gasteiger partial charge in [-0.25, -0.2) is 4.79 Å². The minimum Gasteiger partial charge on any atom is -0.376 e. The van der Waals surface area contributed by atoms with Gasteiger partial charge in [-0.2, -0.15) is 5.10 Å². The van der Waals surface area contributed by atoms with Crippen molar-refractivity contribution in [3.05, 3.63) is 12.4 Å². The van der Waals surface area contributed by atoms with Crippen molar-refractivity contribution < 1.29 is 9.53 Å². The van der Waals surface area contributed by atoms with Crippen molar-refractivity contribution in [1.82, 2.24) is 19.6 Å². The molecule has 3 fully saturated rings. The van der Waals surface area contributed by atoms with E-state index < -0.39 is 0 Å². The van der Waals surface area contributed by atoms with E-state index in [0.717, 1.165) is 51.2 Å². The summed E-state index contributed by atoms with van der Waals surface area (Å²) in [7, 11) is 0. The van der Waals surface area contributed by atoms with Crippen molar-refractivity contribution in [2.75, 3.05) is 38.1 Å². The van der Waals surface area contributed by atoms with Crippen LogP contribution in [0.15, 0.2) is 12.4 Å². The molecule has 0 saturated carbocycles. The first kappa shape index (κ1) is 15.9. The number of rotatable bonds is 4. The lowest BCUT2D eigenvalue weighted by Gasteiger charge is -2.23. The molecular weight excluding hydrogens is 306 g/mol. The molecule has 1 aromatic rings. The molecule has 4 heterocycles. The number of nitrogens with one attached hydrogen (secondary N) is 1. The van der Waals surface area contributed by atoms with Crippen molar-refractivity contribution >= 4 is 11.7 Å². The molecule has 24 heavy (non-hydrogen) atoms. The van der Waals surface area contributed by atoms with E-state index in [0.29, 0.717) is 6.04 Å². The van der Waals surface area contributed by atoms with Gasteiger partial charge in [0.25, 0.3) is 0 Å².